The number of aliphatic hydroxyl groups is 1. The topological polar surface area (TPSA) is 44.5 Å². The number of halogens is 1. The Balaban J connectivity index is 1.41. The van der Waals surface area contributed by atoms with E-state index in [1.165, 1.54) is 5.56 Å². The highest BCUT2D eigenvalue weighted by Crippen LogP contribution is 2.14. The van der Waals surface area contributed by atoms with Crippen LogP contribution >= 0.6 is 11.6 Å². The predicted molar refractivity (Wildman–Crippen MR) is 91.4 cm³/mol. The van der Waals surface area contributed by atoms with E-state index in [1.54, 1.807) is 10.9 Å². The third-order valence-electron chi connectivity index (χ3n) is 4.19. The normalized spacial score (nSPS) is 18.2. The highest BCUT2D eigenvalue weighted by atomic mass is 35.5. The van der Waals surface area contributed by atoms with Gasteiger partial charge in [0.25, 0.3) is 0 Å². The molecule has 0 amide bonds. The molecule has 1 saturated heterocycles. The van der Waals surface area contributed by atoms with Crippen molar-refractivity contribution < 1.29 is 5.11 Å². The van der Waals surface area contributed by atoms with Crippen molar-refractivity contribution in [2.45, 2.75) is 19.2 Å². The lowest BCUT2D eigenvalue weighted by atomic mass is 10.2. The molecule has 124 valence electrons. The minimum atomic E-state index is -0.380. The first-order valence-corrected chi connectivity index (χ1v) is 8.41. The molecule has 0 unspecified atom stereocenters. The molecule has 2 aromatic rings. The van der Waals surface area contributed by atoms with Gasteiger partial charge in [0.05, 0.1) is 12.6 Å². The summed E-state index contributed by atoms with van der Waals surface area (Å²) < 4.78 is 1.78. The lowest BCUT2D eigenvalue weighted by Crippen LogP contribution is -2.48. The van der Waals surface area contributed by atoms with Gasteiger partial charge < -0.3 is 5.11 Å². The van der Waals surface area contributed by atoms with Gasteiger partial charge >= 0.3 is 0 Å². The fraction of sp³-hybridized carbons (Fsp3) is 0.471. The molecule has 2 heterocycles. The van der Waals surface area contributed by atoms with Crippen molar-refractivity contribution in [2.24, 2.45) is 0 Å². The summed E-state index contributed by atoms with van der Waals surface area (Å²) in [7, 11) is 0. The first kappa shape index (κ1) is 16.5. The number of aliphatic hydroxyl groups excluding tert-OH is 1. The molecule has 0 aliphatic carbocycles. The van der Waals surface area contributed by atoms with Crippen molar-refractivity contribution >= 4 is 11.6 Å². The van der Waals surface area contributed by atoms with Crippen molar-refractivity contribution in [1.29, 1.82) is 0 Å². The molecule has 1 atom stereocenters. The molecule has 1 aliphatic rings. The van der Waals surface area contributed by atoms with E-state index in [1.807, 2.05) is 30.5 Å². The summed E-state index contributed by atoms with van der Waals surface area (Å²) in [6.07, 6.45) is 3.24. The maximum absolute atomic E-state index is 10.2. The van der Waals surface area contributed by atoms with Crippen LogP contribution in [0, 0.1) is 0 Å². The first-order valence-electron chi connectivity index (χ1n) is 8.04. The molecule has 0 radical (unpaired) electrons. The van der Waals surface area contributed by atoms with E-state index in [4.69, 9.17) is 11.6 Å². The second kappa shape index (κ2) is 7.93. The van der Waals surface area contributed by atoms with Gasteiger partial charge in [-0.05, 0) is 23.8 Å². The number of nitrogens with zero attached hydrogens (tertiary/aromatic N) is 4. The molecule has 1 fully saturated rings. The van der Waals surface area contributed by atoms with E-state index < -0.39 is 0 Å². The highest BCUT2D eigenvalue weighted by molar-refractivity contribution is 6.30. The van der Waals surface area contributed by atoms with E-state index in [9.17, 15) is 5.11 Å². The van der Waals surface area contributed by atoms with Crippen LogP contribution in [0.2, 0.25) is 5.02 Å². The molecule has 1 N–H and O–H groups in total. The smallest absolute Gasteiger partial charge is 0.0862 e. The Morgan fingerprint density at radius 1 is 1.09 bits per heavy atom. The molecule has 23 heavy (non-hydrogen) atoms. The summed E-state index contributed by atoms with van der Waals surface area (Å²) in [6, 6.07) is 9.93. The van der Waals surface area contributed by atoms with Crippen LogP contribution in [0.5, 0.6) is 0 Å². The second-order valence-electron chi connectivity index (χ2n) is 6.09. The molecular formula is C17H23ClN4O. The monoisotopic (exact) mass is 334 g/mol. The Morgan fingerprint density at radius 2 is 1.87 bits per heavy atom. The molecule has 5 nitrogen and oxygen atoms in total. The Hall–Kier alpha value is -1.40. The summed E-state index contributed by atoms with van der Waals surface area (Å²) >= 11 is 6.04. The third kappa shape index (κ3) is 5.04. The second-order valence-corrected chi connectivity index (χ2v) is 6.53. The lowest BCUT2D eigenvalue weighted by molar-refractivity contribution is 0.0605. The van der Waals surface area contributed by atoms with Gasteiger partial charge in [-0.1, -0.05) is 23.7 Å². The van der Waals surface area contributed by atoms with Gasteiger partial charge in [0, 0.05) is 56.7 Å². The van der Waals surface area contributed by atoms with Gasteiger partial charge in [-0.2, -0.15) is 5.10 Å². The quantitative estimate of drug-likeness (QED) is 0.873. The summed E-state index contributed by atoms with van der Waals surface area (Å²) in [5, 5.41) is 15.1. The van der Waals surface area contributed by atoms with Crippen molar-refractivity contribution in [3.05, 3.63) is 53.3 Å². The van der Waals surface area contributed by atoms with E-state index >= 15 is 0 Å². The molecule has 1 aromatic heterocycles. The molecule has 0 saturated carbocycles. The van der Waals surface area contributed by atoms with E-state index in [0.717, 1.165) is 37.7 Å². The molecule has 1 aromatic carbocycles. The molecule has 6 heteroatoms. The van der Waals surface area contributed by atoms with Crippen LogP contribution in [0.3, 0.4) is 0 Å². The van der Waals surface area contributed by atoms with Crippen molar-refractivity contribution in [3.8, 4) is 0 Å². The molecule has 3 rings (SSSR count). The van der Waals surface area contributed by atoms with E-state index in [0.29, 0.717) is 13.1 Å². The van der Waals surface area contributed by atoms with Crippen LogP contribution < -0.4 is 0 Å². The van der Waals surface area contributed by atoms with Crippen LogP contribution in [0.4, 0.5) is 0 Å². The largest absolute Gasteiger partial charge is 0.390 e. The highest BCUT2D eigenvalue weighted by Gasteiger charge is 2.19. The van der Waals surface area contributed by atoms with E-state index in [-0.39, 0.29) is 6.10 Å². The zero-order valence-electron chi connectivity index (χ0n) is 13.2. The SMILES string of the molecule is O[C@H](CN1CCN(Cc2cccc(Cl)c2)CC1)Cn1cccn1. The lowest BCUT2D eigenvalue weighted by Gasteiger charge is -2.35. The van der Waals surface area contributed by atoms with Gasteiger partial charge in [-0.15, -0.1) is 0 Å². The number of hydrogen-bond donors (Lipinski definition) is 1. The Labute approximate surface area is 142 Å². The van der Waals surface area contributed by atoms with Crippen LogP contribution in [0.25, 0.3) is 0 Å². The fourth-order valence-electron chi connectivity index (χ4n) is 3.00. The summed E-state index contributed by atoms with van der Waals surface area (Å²) in [6.45, 7) is 6.18. The predicted octanol–water partition coefficient (Wildman–Crippen LogP) is 1.72. The average molecular weight is 335 g/mol. The standard InChI is InChI=1S/C17H23ClN4O/c18-16-4-1-3-15(11-16)12-20-7-9-21(10-8-20)13-17(23)14-22-6-2-5-19-22/h1-6,11,17,23H,7-10,12-14H2/t17-/m1/s1. The summed E-state index contributed by atoms with van der Waals surface area (Å²) in [5.74, 6) is 0. The third-order valence-corrected chi connectivity index (χ3v) is 4.42. The number of benzene rings is 1. The number of β-amino-alcohol motifs (C(OH)–C–C–N with tert-alkyl or cyclic N) is 1. The number of hydrogen-bond acceptors (Lipinski definition) is 4. The molecular weight excluding hydrogens is 312 g/mol. The van der Waals surface area contributed by atoms with Crippen molar-refractivity contribution in [3.63, 3.8) is 0 Å². The summed E-state index contributed by atoms with van der Waals surface area (Å²) in [5.41, 5.74) is 1.25. The number of rotatable bonds is 6. The molecule has 0 spiro atoms. The zero-order valence-corrected chi connectivity index (χ0v) is 13.9. The van der Waals surface area contributed by atoms with Gasteiger partial charge in [0.2, 0.25) is 0 Å². The Bertz CT molecular complexity index is 596. The molecule has 0 bridgehead atoms. The van der Waals surface area contributed by atoms with Crippen LogP contribution in [0.15, 0.2) is 42.7 Å². The minimum Gasteiger partial charge on any atom is -0.390 e. The summed E-state index contributed by atoms with van der Waals surface area (Å²) in [4.78, 5) is 4.75. The van der Waals surface area contributed by atoms with Crippen molar-refractivity contribution in [1.82, 2.24) is 19.6 Å². The average Bonchev–Trinajstić information content (AvgIpc) is 3.02. The fourth-order valence-corrected chi connectivity index (χ4v) is 3.22. The Morgan fingerprint density at radius 3 is 2.57 bits per heavy atom. The van der Waals surface area contributed by atoms with Crippen molar-refractivity contribution in [2.75, 3.05) is 32.7 Å². The van der Waals surface area contributed by atoms with Crippen LogP contribution in [-0.2, 0) is 13.1 Å². The first-order chi connectivity index (χ1) is 11.2. The minimum absolute atomic E-state index is 0.380. The number of aromatic nitrogens is 2. The number of piperazine rings is 1. The van der Waals surface area contributed by atoms with Gasteiger partial charge in [0.1, 0.15) is 0 Å². The van der Waals surface area contributed by atoms with Gasteiger partial charge in [-0.3, -0.25) is 14.5 Å². The van der Waals surface area contributed by atoms with Gasteiger partial charge in [-0.25, -0.2) is 0 Å². The van der Waals surface area contributed by atoms with Crippen LogP contribution in [0.1, 0.15) is 5.56 Å². The van der Waals surface area contributed by atoms with E-state index in [2.05, 4.69) is 21.0 Å². The molecule has 1 aliphatic heterocycles. The van der Waals surface area contributed by atoms with Crippen LogP contribution in [-0.4, -0.2) is 63.5 Å². The Kier molecular flexibility index (Phi) is 5.67. The maximum atomic E-state index is 10.2. The zero-order chi connectivity index (χ0) is 16.1. The maximum Gasteiger partial charge on any atom is 0.0862 e. The van der Waals surface area contributed by atoms with Gasteiger partial charge in [0.15, 0.2) is 0 Å².